The van der Waals surface area contributed by atoms with Crippen LogP contribution >= 0.6 is 11.6 Å². The number of halogens is 1. The second kappa shape index (κ2) is 5.01. The summed E-state index contributed by atoms with van der Waals surface area (Å²) in [6, 6.07) is 7.59. The highest BCUT2D eigenvalue weighted by molar-refractivity contribution is 6.30. The lowest BCUT2D eigenvalue weighted by atomic mass is 10.1. The van der Waals surface area contributed by atoms with E-state index in [0.29, 0.717) is 6.42 Å². The van der Waals surface area contributed by atoms with Crippen LogP contribution in [0.25, 0.3) is 0 Å². The Hall–Kier alpha value is -1.02. The van der Waals surface area contributed by atoms with Crippen molar-refractivity contribution in [1.29, 1.82) is 0 Å². The smallest absolute Gasteiger partial charge is 0.222 e. The molecule has 0 heterocycles. The minimum atomic E-state index is 0.153. The normalized spacial score (nSPS) is 9.93. The molecule has 76 valence electrons. The fourth-order valence-electron chi connectivity index (χ4n) is 1.13. The third-order valence-electron chi connectivity index (χ3n) is 2.04. The molecule has 0 saturated carbocycles. The SMILES string of the molecule is CN(C)C(=O)CCc1ccc(Cl)cc1. The number of amides is 1. The lowest BCUT2D eigenvalue weighted by Crippen LogP contribution is -2.21. The maximum atomic E-state index is 11.3. The van der Waals surface area contributed by atoms with Gasteiger partial charge in [-0.15, -0.1) is 0 Å². The number of nitrogens with zero attached hydrogens (tertiary/aromatic N) is 1. The van der Waals surface area contributed by atoms with Gasteiger partial charge >= 0.3 is 0 Å². The highest BCUT2D eigenvalue weighted by atomic mass is 35.5. The van der Waals surface area contributed by atoms with E-state index in [1.165, 1.54) is 0 Å². The fourth-order valence-corrected chi connectivity index (χ4v) is 1.25. The predicted molar refractivity (Wildman–Crippen MR) is 58.5 cm³/mol. The number of hydrogen-bond acceptors (Lipinski definition) is 1. The van der Waals surface area contributed by atoms with Crippen molar-refractivity contribution in [2.45, 2.75) is 12.8 Å². The molecule has 0 spiro atoms. The van der Waals surface area contributed by atoms with Crippen LogP contribution in [-0.4, -0.2) is 24.9 Å². The minimum absolute atomic E-state index is 0.153. The fraction of sp³-hybridized carbons (Fsp3) is 0.364. The van der Waals surface area contributed by atoms with E-state index >= 15 is 0 Å². The molecule has 0 atom stereocenters. The van der Waals surface area contributed by atoms with E-state index in [4.69, 9.17) is 11.6 Å². The van der Waals surface area contributed by atoms with Gasteiger partial charge in [0.15, 0.2) is 0 Å². The summed E-state index contributed by atoms with van der Waals surface area (Å²) in [5, 5.41) is 0.729. The standard InChI is InChI=1S/C11H14ClNO/c1-13(2)11(14)8-5-9-3-6-10(12)7-4-9/h3-4,6-7H,5,8H2,1-2H3. The van der Waals surface area contributed by atoms with Crippen molar-refractivity contribution in [1.82, 2.24) is 4.90 Å². The molecule has 0 aliphatic heterocycles. The zero-order valence-corrected chi connectivity index (χ0v) is 9.21. The Kier molecular flexibility index (Phi) is 3.96. The molecule has 0 radical (unpaired) electrons. The molecular formula is C11H14ClNO. The van der Waals surface area contributed by atoms with Crippen LogP contribution in [0.3, 0.4) is 0 Å². The molecule has 14 heavy (non-hydrogen) atoms. The van der Waals surface area contributed by atoms with Gasteiger partial charge in [0.25, 0.3) is 0 Å². The first-order valence-electron chi connectivity index (χ1n) is 4.54. The average Bonchev–Trinajstić information content (AvgIpc) is 2.16. The number of aryl methyl sites for hydroxylation is 1. The Morgan fingerprint density at radius 2 is 1.86 bits per heavy atom. The van der Waals surface area contributed by atoms with E-state index in [9.17, 15) is 4.79 Å². The van der Waals surface area contributed by atoms with Gasteiger partial charge in [0.1, 0.15) is 0 Å². The van der Waals surface area contributed by atoms with Gasteiger partial charge in [-0.25, -0.2) is 0 Å². The molecule has 1 aromatic carbocycles. The highest BCUT2D eigenvalue weighted by Crippen LogP contribution is 2.11. The molecule has 0 fully saturated rings. The van der Waals surface area contributed by atoms with Gasteiger partial charge in [0.05, 0.1) is 0 Å². The van der Waals surface area contributed by atoms with Crippen molar-refractivity contribution < 1.29 is 4.79 Å². The lowest BCUT2D eigenvalue weighted by molar-refractivity contribution is -0.128. The summed E-state index contributed by atoms with van der Waals surface area (Å²) in [6.07, 6.45) is 1.32. The van der Waals surface area contributed by atoms with Crippen molar-refractivity contribution in [3.8, 4) is 0 Å². The minimum Gasteiger partial charge on any atom is -0.349 e. The first kappa shape index (κ1) is 11.1. The molecule has 1 rings (SSSR count). The molecule has 0 aliphatic rings. The Labute approximate surface area is 89.5 Å². The van der Waals surface area contributed by atoms with Crippen LogP contribution in [0.5, 0.6) is 0 Å². The maximum absolute atomic E-state index is 11.3. The Morgan fingerprint density at radius 1 is 1.29 bits per heavy atom. The van der Waals surface area contributed by atoms with E-state index < -0.39 is 0 Å². The number of hydrogen-bond donors (Lipinski definition) is 0. The zero-order chi connectivity index (χ0) is 10.6. The van der Waals surface area contributed by atoms with Gasteiger partial charge in [-0.3, -0.25) is 4.79 Å². The van der Waals surface area contributed by atoms with Crippen LogP contribution in [0.1, 0.15) is 12.0 Å². The second-order valence-electron chi connectivity index (χ2n) is 3.41. The van der Waals surface area contributed by atoms with Crippen molar-refractivity contribution >= 4 is 17.5 Å². The van der Waals surface area contributed by atoms with Gasteiger partial charge in [0, 0.05) is 25.5 Å². The lowest BCUT2D eigenvalue weighted by Gasteiger charge is -2.09. The van der Waals surface area contributed by atoms with Crippen LogP contribution in [0.4, 0.5) is 0 Å². The third kappa shape index (κ3) is 3.38. The summed E-state index contributed by atoms with van der Waals surface area (Å²) in [7, 11) is 3.54. The van der Waals surface area contributed by atoms with E-state index in [2.05, 4.69) is 0 Å². The van der Waals surface area contributed by atoms with Gasteiger partial charge in [-0.2, -0.15) is 0 Å². The van der Waals surface area contributed by atoms with Crippen molar-refractivity contribution in [3.05, 3.63) is 34.9 Å². The Balaban J connectivity index is 2.46. The summed E-state index contributed by atoms with van der Waals surface area (Å²) in [6.45, 7) is 0. The van der Waals surface area contributed by atoms with Crippen molar-refractivity contribution in [2.75, 3.05) is 14.1 Å². The molecule has 1 amide bonds. The summed E-state index contributed by atoms with van der Waals surface area (Å²) in [4.78, 5) is 12.9. The molecule has 0 aliphatic carbocycles. The topological polar surface area (TPSA) is 20.3 Å². The van der Waals surface area contributed by atoms with E-state index in [1.807, 2.05) is 24.3 Å². The van der Waals surface area contributed by atoms with E-state index in [-0.39, 0.29) is 5.91 Å². The molecule has 0 N–H and O–H groups in total. The summed E-state index contributed by atoms with van der Waals surface area (Å²) in [5.74, 6) is 0.153. The monoisotopic (exact) mass is 211 g/mol. The molecule has 1 aromatic rings. The van der Waals surface area contributed by atoms with Crippen LogP contribution < -0.4 is 0 Å². The largest absolute Gasteiger partial charge is 0.349 e. The summed E-state index contributed by atoms with van der Waals surface area (Å²) >= 11 is 5.75. The second-order valence-corrected chi connectivity index (χ2v) is 3.85. The van der Waals surface area contributed by atoms with Crippen molar-refractivity contribution in [2.24, 2.45) is 0 Å². The van der Waals surface area contributed by atoms with Gasteiger partial charge in [-0.1, -0.05) is 23.7 Å². The zero-order valence-electron chi connectivity index (χ0n) is 8.46. The average molecular weight is 212 g/mol. The number of benzene rings is 1. The highest BCUT2D eigenvalue weighted by Gasteiger charge is 2.03. The third-order valence-corrected chi connectivity index (χ3v) is 2.29. The quantitative estimate of drug-likeness (QED) is 0.752. The summed E-state index contributed by atoms with van der Waals surface area (Å²) in [5.41, 5.74) is 1.14. The number of carbonyl (C=O) groups is 1. The number of carbonyl (C=O) groups excluding carboxylic acids is 1. The molecular weight excluding hydrogens is 198 g/mol. The molecule has 0 aromatic heterocycles. The molecule has 0 bridgehead atoms. The van der Waals surface area contributed by atoms with Crippen LogP contribution in [0, 0.1) is 0 Å². The Bertz CT molecular complexity index is 306. The molecule has 0 saturated heterocycles. The first-order valence-corrected chi connectivity index (χ1v) is 4.92. The van der Waals surface area contributed by atoms with Crippen molar-refractivity contribution in [3.63, 3.8) is 0 Å². The number of rotatable bonds is 3. The van der Waals surface area contributed by atoms with Gasteiger partial charge < -0.3 is 4.90 Å². The maximum Gasteiger partial charge on any atom is 0.222 e. The molecule has 0 unspecified atom stereocenters. The van der Waals surface area contributed by atoms with E-state index in [1.54, 1.807) is 19.0 Å². The van der Waals surface area contributed by atoms with Crippen LogP contribution in [-0.2, 0) is 11.2 Å². The van der Waals surface area contributed by atoms with Crippen LogP contribution in [0.2, 0.25) is 5.02 Å². The summed E-state index contributed by atoms with van der Waals surface area (Å²) < 4.78 is 0. The van der Waals surface area contributed by atoms with E-state index in [0.717, 1.165) is 17.0 Å². The molecule has 3 heteroatoms. The predicted octanol–water partition coefficient (Wildman–Crippen LogP) is 2.36. The molecule has 2 nitrogen and oxygen atoms in total. The van der Waals surface area contributed by atoms with Gasteiger partial charge in [0.2, 0.25) is 5.91 Å². The first-order chi connectivity index (χ1) is 6.59. The van der Waals surface area contributed by atoms with Gasteiger partial charge in [-0.05, 0) is 24.1 Å². The van der Waals surface area contributed by atoms with Crippen LogP contribution in [0.15, 0.2) is 24.3 Å². The Morgan fingerprint density at radius 3 is 2.36 bits per heavy atom.